The van der Waals surface area contributed by atoms with Gasteiger partial charge in [-0.25, -0.2) is 9.97 Å². The quantitative estimate of drug-likeness (QED) is 0.732. The van der Waals surface area contributed by atoms with Gasteiger partial charge in [0.15, 0.2) is 0 Å². The molecule has 3 aromatic rings. The Morgan fingerprint density at radius 3 is 2.65 bits per heavy atom. The van der Waals surface area contributed by atoms with Crippen LogP contribution in [0.3, 0.4) is 0 Å². The van der Waals surface area contributed by atoms with Crippen LogP contribution in [0.15, 0.2) is 30.6 Å². The van der Waals surface area contributed by atoms with E-state index in [9.17, 15) is 4.79 Å². The van der Waals surface area contributed by atoms with Gasteiger partial charge in [-0.1, -0.05) is 25.1 Å². The van der Waals surface area contributed by atoms with E-state index >= 15 is 0 Å². The van der Waals surface area contributed by atoms with Crippen LogP contribution in [0.25, 0.3) is 0 Å². The zero-order valence-electron chi connectivity index (χ0n) is 15.5. The normalized spacial score (nSPS) is 10.8. The van der Waals surface area contributed by atoms with E-state index in [2.05, 4.69) is 26.6 Å². The fourth-order valence-electron chi connectivity index (χ4n) is 2.88. The summed E-state index contributed by atoms with van der Waals surface area (Å²) in [6.45, 7) is 7.93. The Kier molecular flexibility index (Phi) is 5.42. The molecule has 1 N–H and O–H groups in total. The number of anilines is 1. The van der Waals surface area contributed by atoms with E-state index in [0.717, 1.165) is 45.2 Å². The molecule has 0 aliphatic heterocycles. The molecule has 0 aliphatic carbocycles. The number of aryl methyl sites for hydroxylation is 3. The van der Waals surface area contributed by atoms with Crippen LogP contribution in [0.5, 0.6) is 0 Å². The first-order valence-corrected chi connectivity index (χ1v) is 9.40. The highest BCUT2D eigenvalue weighted by molar-refractivity contribution is 7.06. The highest BCUT2D eigenvalue weighted by Gasteiger charge is 2.20. The molecule has 2 aromatic heterocycles. The first-order chi connectivity index (χ1) is 12.5. The summed E-state index contributed by atoms with van der Waals surface area (Å²) < 4.78 is 4.41. The van der Waals surface area contributed by atoms with Gasteiger partial charge >= 0.3 is 0 Å². The number of hydrogen-bond acceptors (Lipinski definition) is 5. The Morgan fingerprint density at radius 1 is 1.12 bits per heavy atom. The second kappa shape index (κ2) is 7.74. The molecule has 3 rings (SSSR count). The predicted octanol–water partition coefficient (Wildman–Crippen LogP) is 4.26. The Bertz CT molecular complexity index is 949. The molecule has 0 saturated carbocycles. The number of nitrogens with zero attached hydrogens (tertiary/aromatic N) is 3. The summed E-state index contributed by atoms with van der Waals surface area (Å²) in [5.41, 5.74) is 6.32. The van der Waals surface area contributed by atoms with Crippen molar-refractivity contribution in [1.82, 2.24) is 14.3 Å². The van der Waals surface area contributed by atoms with Crippen LogP contribution in [0.2, 0.25) is 0 Å². The number of amides is 1. The number of para-hydroxylation sites is 1. The predicted molar refractivity (Wildman–Crippen MR) is 105 cm³/mol. The number of hydrogen-bond donors (Lipinski definition) is 1. The van der Waals surface area contributed by atoms with Crippen molar-refractivity contribution in [2.45, 2.75) is 40.5 Å². The van der Waals surface area contributed by atoms with E-state index in [1.54, 1.807) is 6.33 Å². The molecule has 6 heteroatoms. The third-order valence-corrected chi connectivity index (χ3v) is 5.51. The molecular weight excluding hydrogens is 344 g/mol. The minimum absolute atomic E-state index is 0.115. The van der Waals surface area contributed by atoms with Crippen LogP contribution in [0, 0.1) is 20.8 Å². The van der Waals surface area contributed by atoms with Crippen molar-refractivity contribution in [2.75, 3.05) is 5.32 Å². The molecule has 1 aromatic carbocycles. The van der Waals surface area contributed by atoms with Crippen molar-refractivity contribution in [3.05, 3.63) is 69.2 Å². The van der Waals surface area contributed by atoms with Gasteiger partial charge in [0.2, 0.25) is 0 Å². The van der Waals surface area contributed by atoms with Gasteiger partial charge in [0, 0.05) is 22.7 Å². The third-order valence-electron chi connectivity index (χ3n) is 4.58. The summed E-state index contributed by atoms with van der Waals surface area (Å²) in [7, 11) is 0. The van der Waals surface area contributed by atoms with Crippen molar-refractivity contribution >= 4 is 23.1 Å². The van der Waals surface area contributed by atoms with E-state index in [0.29, 0.717) is 12.0 Å². The Morgan fingerprint density at radius 2 is 1.88 bits per heavy atom. The third kappa shape index (κ3) is 3.65. The lowest BCUT2D eigenvalue weighted by Gasteiger charge is -2.11. The maximum atomic E-state index is 12.9. The van der Waals surface area contributed by atoms with Crippen LogP contribution in [0.4, 0.5) is 5.69 Å². The minimum atomic E-state index is -0.115. The molecule has 0 radical (unpaired) electrons. The molecular formula is C20H22N4OS. The number of rotatable bonds is 5. The molecule has 0 unspecified atom stereocenters. The Labute approximate surface area is 157 Å². The summed E-state index contributed by atoms with van der Waals surface area (Å²) >= 11 is 1.36. The monoisotopic (exact) mass is 366 g/mol. The average molecular weight is 366 g/mol. The lowest BCUT2D eigenvalue weighted by molar-refractivity contribution is 0.102. The molecule has 0 atom stereocenters. The Hall–Kier alpha value is -2.60. The number of aromatic nitrogens is 3. The van der Waals surface area contributed by atoms with Crippen LogP contribution >= 0.6 is 11.5 Å². The second-order valence-electron chi connectivity index (χ2n) is 6.24. The number of carbonyl (C=O) groups excluding carboxylic acids is 1. The summed E-state index contributed by atoms with van der Waals surface area (Å²) in [6.07, 6.45) is 3.02. The molecule has 0 saturated heterocycles. The number of nitrogens with one attached hydrogen (secondary N) is 1. The highest BCUT2D eigenvalue weighted by atomic mass is 32.1. The largest absolute Gasteiger partial charge is 0.322 e. The molecule has 2 heterocycles. The summed E-state index contributed by atoms with van der Waals surface area (Å²) in [5.74, 6) is -0.115. The molecule has 0 aliphatic rings. The zero-order valence-corrected chi connectivity index (χ0v) is 16.3. The van der Waals surface area contributed by atoms with Gasteiger partial charge in [-0.3, -0.25) is 4.79 Å². The molecule has 134 valence electrons. The maximum Gasteiger partial charge on any atom is 0.258 e. The standard InChI is InChI=1S/C20H22N4OS/c1-5-15-8-6-7-9-16(15)23-20(25)19-14(4)24-26-18(19)10-17-12(2)13(3)21-11-22-17/h6-9,11H,5,10H2,1-4H3,(H,23,25). The van der Waals surface area contributed by atoms with Gasteiger partial charge in [-0.05, 0) is 55.9 Å². The van der Waals surface area contributed by atoms with E-state index in [4.69, 9.17) is 0 Å². The topological polar surface area (TPSA) is 67.8 Å². The summed E-state index contributed by atoms with van der Waals surface area (Å²) in [5, 5.41) is 3.05. The fourth-order valence-corrected chi connectivity index (χ4v) is 3.75. The van der Waals surface area contributed by atoms with Crippen molar-refractivity contribution in [2.24, 2.45) is 0 Å². The fraction of sp³-hybridized carbons (Fsp3) is 0.300. The lowest BCUT2D eigenvalue weighted by atomic mass is 10.1. The van der Waals surface area contributed by atoms with Crippen LogP contribution in [-0.2, 0) is 12.8 Å². The van der Waals surface area contributed by atoms with Crippen molar-refractivity contribution in [3.8, 4) is 0 Å². The minimum Gasteiger partial charge on any atom is -0.322 e. The SMILES string of the molecule is CCc1ccccc1NC(=O)c1c(C)nsc1Cc1ncnc(C)c1C. The summed E-state index contributed by atoms with van der Waals surface area (Å²) in [6, 6.07) is 7.88. The van der Waals surface area contributed by atoms with Gasteiger partial charge in [-0.2, -0.15) is 4.37 Å². The van der Waals surface area contributed by atoms with Gasteiger partial charge in [0.05, 0.1) is 17.0 Å². The zero-order chi connectivity index (χ0) is 18.7. The van der Waals surface area contributed by atoms with E-state index in [1.807, 2.05) is 45.0 Å². The van der Waals surface area contributed by atoms with E-state index < -0.39 is 0 Å². The molecule has 0 spiro atoms. The Balaban J connectivity index is 1.90. The van der Waals surface area contributed by atoms with Gasteiger partial charge in [0.25, 0.3) is 5.91 Å². The number of carbonyl (C=O) groups is 1. The van der Waals surface area contributed by atoms with E-state index in [-0.39, 0.29) is 5.91 Å². The van der Waals surface area contributed by atoms with Gasteiger partial charge in [0.1, 0.15) is 6.33 Å². The van der Waals surface area contributed by atoms with E-state index in [1.165, 1.54) is 11.5 Å². The first-order valence-electron chi connectivity index (χ1n) is 8.62. The second-order valence-corrected chi connectivity index (χ2v) is 7.10. The van der Waals surface area contributed by atoms with Gasteiger partial charge in [-0.15, -0.1) is 0 Å². The summed E-state index contributed by atoms with van der Waals surface area (Å²) in [4.78, 5) is 22.5. The number of benzene rings is 1. The molecule has 1 amide bonds. The highest BCUT2D eigenvalue weighted by Crippen LogP contribution is 2.25. The van der Waals surface area contributed by atoms with Gasteiger partial charge < -0.3 is 5.32 Å². The first kappa shape index (κ1) is 18.2. The maximum absolute atomic E-state index is 12.9. The van der Waals surface area contributed by atoms with Crippen molar-refractivity contribution in [1.29, 1.82) is 0 Å². The molecule has 5 nitrogen and oxygen atoms in total. The molecule has 26 heavy (non-hydrogen) atoms. The van der Waals surface area contributed by atoms with Crippen LogP contribution < -0.4 is 5.32 Å². The van der Waals surface area contributed by atoms with Crippen molar-refractivity contribution in [3.63, 3.8) is 0 Å². The average Bonchev–Trinajstić information content (AvgIpc) is 3.00. The molecule has 0 bridgehead atoms. The smallest absolute Gasteiger partial charge is 0.258 e. The van der Waals surface area contributed by atoms with Crippen LogP contribution in [-0.4, -0.2) is 20.2 Å². The van der Waals surface area contributed by atoms with Crippen molar-refractivity contribution < 1.29 is 4.79 Å². The molecule has 0 fully saturated rings. The van der Waals surface area contributed by atoms with Crippen LogP contribution in [0.1, 0.15) is 50.4 Å². The lowest BCUT2D eigenvalue weighted by Crippen LogP contribution is -2.15.